The number of hydrogen-bond donors (Lipinski definition) is 3. The zero-order valence-electron chi connectivity index (χ0n) is 8.94. The van der Waals surface area contributed by atoms with Crippen LogP contribution in [0.2, 0.25) is 0 Å². The summed E-state index contributed by atoms with van der Waals surface area (Å²) in [7, 11) is -3.83. The van der Waals surface area contributed by atoms with Gasteiger partial charge in [-0.15, -0.1) is 0 Å². The first-order valence-electron chi connectivity index (χ1n) is 4.66. The Kier molecular flexibility index (Phi) is 4.48. The van der Waals surface area contributed by atoms with E-state index >= 15 is 0 Å². The smallest absolute Gasteiger partial charge is 0.241 e. The zero-order valence-corrected chi connectivity index (χ0v) is 11.3. The van der Waals surface area contributed by atoms with Gasteiger partial charge in [0.15, 0.2) is 0 Å². The van der Waals surface area contributed by atoms with Crippen molar-refractivity contribution in [1.29, 1.82) is 0 Å². The van der Waals surface area contributed by atoms with Crippen molar-refractivity contribution in [3.05, 3.63) is 22.4 Å². The summed E-state index contributed by atoms with van der Waals surface area (Å²) in [5, 5.41) is 9.01. The fraction of sp³-hybridized carbons (Fsp3) is 0.333. The van der Waals surface area contributed by atoms with E-state index in [0.717, 1.165) is 12.1 Å². The average Bonchev–Trinajstić information content (AvgIpc) is 2.20. The van der Waals surface area contributed by atoms with Gasteiger partial charge in [-0.3, -0.25) is 0 Å². The summed E-state index contributed by atoms with van der Waals surface area (Å²) in [5.41, 5.74) is 5.05. The molecular formula is C9H12BrFN2O3S. The molecule has 0 aliphatic rings. The Morgan fingerprint density at radius 1 is 1.59 bits per heavy atom. The molecule has 0 saturated carbocycles. The van der Waals surface area contributed by atoms with Crippen LogP contribution in [0.4, 0.5) is 10.1 Å². The van der Waals surface area contributed by atoms with Crippen LogP contribution in [0.5, 0.6) is 0 Å². The van der Waals surface area contributed by atoms with Crippen LogP contribution in [-0.4, -0.2) is 26.2 Å². The molecule has 0 aliphatic carbocycles. The zero-order chi connectivity index (χ0) is 13.2. The number of anilines is 1. The highest BCUT2D eigenvalue weighted by Gasteiger charge is 2.19. The second-order valence-corrected chi connectivity index (χ2v) is 6.09. The van der Waals surface area contributed by atoms with E-state index in [1.54, 1.807) is 0 Å². The molecule has 0 bridgehead atoms. The molecule has 0 heterocycles. The highest BCUT2D eigenvalue weighted by atomic mass is 79.9. The van der Waals surface area contributed by atoms with Gasteiger partial charge < -0.3 is 10.8 Å². The SMILES string of the molecule is C[C@@H](O)CNS(=O)(=O)c1cc(N)c(F)cc1Br. The van der Waals surface area contributed by atoms with Crippen LogP contribution in [0.1, 0.15) is 6.92 Å². The third-order valence-corrected chi connectivity index (χ3v) is 4.29. The maximum absolute atomic E-state index is 13.1. The highest BCUT2D eigenvalue weighted by molar-refractivity contribution is 9.10. The van der Waals surface area contributed by atoms with Gasteiger partial charge in [0.25, 0.3) is 0 Å². The molecule has 0 unspecified atom stereocenters. The minimum absolute atomic E-state index is 0.0716. The molecule has 1 aromatic carbocycles. The Balaban J connectivity index is 3.11. The van der Waals surface area contributed by atoms with Gasteiger partial charge in [-0.25, -0.2) is 17.5 Å². The molecule has 0 fully saturated rings. The molecule has 0 radical (unpaired) electrons. The first-order valence-corrected chi connectivity index (χ1v) is 6.94. The van der Waals surface area contributed by atoms with Crippen molar-refractivity contribution in [1.82, 2.24) is 4.72 Å². The largest absolute Gasteiger partial charge is 0.396 e. The number of nitrogens with one attached hydrogen (secondary N) is 1. The van der Waals surface area contributed by atoms with E-state index in [1.807, 2.05) is 0 Å². The minimum atomic E-state index is -3.83. The lowest BCUT2D eigenvalue weighted by Gasteiger charge is -2.10. The molecule has 8 heteroatoms. The van der Waals surface area contributed by atoms with Crippen LogP contribution in [-0.2, 0) is 10.0 Å². The summed E-state index contributed by atoms with van der Waals surface area (Å²) in [6.45, 7) is 1.31. The summed E-state index contributed by atoms with van der Waals surface area (Å²) >= 11 is 2.95. The molecule has 4 N–H and O–H groups in total. The molecule has 0 spiro atoms. The van der Waals surface area contributed by atoms with Crippen molar-refractivity contribution in [3.63, 3.8) is 0 Å². The quantitative estimate of drug-likeness (QED) is 0.714. The van der Waals surface area contributed by atoms with Crippen molar-refractivity contribution in [2.45, 2.75) is 17.9 Å². The number of hydrogen-bond acceptors (Lipinski definition) is 4. The Hall–Kier alpha value is -0.700. The molecule has 1 rings (SSSR count). The van der Waals surface area contributed by atoms with E-state index in [4.69, 9.17) is 10.8 Å². The van der Waals surface area contributed by atoms with Gasteiger partial charge >= 0.3 is 0 Å². The van der Waals surface area contributed by atoms with E-state index in [1.165, 1.54) is 6.92 Å². The standard InChI is InChI=1S/C9H12BrFN2O3S/c1-5(14)4-13-17(15,16)9-3-8(12)7(11)2-6(9)10/h2-3,5,13-14H,4,12H2,1H3/t5-/m1/s1. The van der Waals surface area contributed by atoms with Crippen LogP contribution < -0.4 is 10.5 Å². The molecule has 1 atom stereocenters. The number of benzene rings is 1. The van der Waals surface area contributed by atoms with Crippen LogP contribution >= 0.6 is 15.9 Å². The minimum Gasteiger partial charge on any atom is -0.396 e. The normalized spacial score (nSPS) is 13.6. The van der Waals surface area contributed by atoms with E-state index in [2.05, 4.69) is 20.7 Å². The second-order valence-electron chi connectivity index (χ2n) is 3.51. The number of aliphatic hydroxyl groups excluding tert-OH is 1. The van der Waals surface area contributed by atoms with Gasteiger partial charge in [0.2, 0.25) is 10.0 Å². The van der Waals surface area contributed by atoms with Crippen molar-refractivity contribution >= 4 is 31.6 Å². The van der Waals surface area contributed by atoms with Crippen LogP contribution in [0.15, 0.2) is 21.5 Å². The summed E-state index contributed by atoms with van der Waals surface area (Å²) in [6.07, 6.45) is -0.818. The Morgan fingerprint density at radius 2 is 2.18 bits per heavy atom. The first-order chi connectivity index (χ1) is 7.74. The predicted molar refractivity (Wildman–Crippen MR) is 65.4 cm³/mol. The second kappa shape index (κ2) is 5.30. The monoisotopic (exact) mass is 326 g/mol. The van der Waals surface area contributed by atoms with Crippen molar-refractivity contribution < 1.29 is 17.9 Å². The number of nitrogen functional groups attached to an aromatic ring is 1. The van der Waals surface area contributed by atoms with Gasteiger partial charge in [-0.2, -0.15) is 0 Å². The molecule has 96 valence electrons. The van der Waals surface area contributed by atoms with Crippen LogP contribution in [0.3, 0.4) is 0 Å². The summed E-state index contributed by atoms with van der Waals surface area (Å²) < 4.78 is 38.9. The topological polar surface area (TPSA) is 92.4 Å². The van der Waals surface area contributed by atoms with E-state index in [9.17, 15) is 12.8 Å². The molecule has 5 nitrogen and oxygen atoms in total. The predicted octanol–water partition coefficient (Wildman–Crippen LogP) is 0.829. The number of sulfonamides is 1. The molecule has 0 saturated heterocycles. The Labute approximate surface area is 107 Å². The van der Waals surface area contributed by atoms with Crippen LogP contribution in [0.25, 0.3) is 0 Å². The fourth-order valence-corrected chi connectivity index (χ4v) is 3.23. The molecule has 0 amide bonds. The third-order valence-electron chi connectivity index (χ3n) is 1.91. The van der Waals surface area contributed by atoms with E-state index in [0.29, 0.717) is 0 Å². The number of nitrogens with two attached hydrogens (primary N) is 1. The lowest BCUT2D eigenvalue weighted by molar-refractivity contribution is 0.198. The van der Waals surface area contributed by atoms with Crippen LogP contribution in [0, 0.1) is 5.82 Å². The van der Waals surface area contributed by atoms with Gasteiger partial charge in [0.05, 0.1) is 16.7 Å². The van der Waals surface area contributed by atoms with Gasteiger partial charge in [0, 0.05) is 11.0 Å². The number of halogens is 2. The van der Waals surface area contributed by atoms with E-state index < -0.39 is 21.9 Å². The fourth-order valence-electron chi connectivity index (χ4n) is 1.06. The van der Waals surface area contributed by atoms with Crippen molar-refractivity contribution in [2.24, 2.45) is 0 Å². The lowest BCUT2D eigenvalue weighted by atomic mass is 10.3. The molecule has 0 aromatic heterocycles. The first kappa shape index (κ1) is 14.4. The third kappa shape index (κ3) is 3.63. The maximum Gasteiger partial charge on any atom is 0.241 e. The molecule has 1 aromatic rings. The Bertz CT molecular complexity index is 519. The summed E-state index contributed by atoms with van der Waals surface area (Å²) in [6, 6.07) is 2.00. The lowest BCUT2D eigenvalue weighted by Crippen LogP contribution is -2.31. The van der Waals surface area contributed by atoms with Gasteiger partial charge in [-0.05, 0) is 35.0 Å². The maximum atomic E-state index is 13.1. The summed E-state index contributed by atoms with van der Waals surface area (Å²) in [4.78, 5) is -0.169. The van der Waals surface area contributed by atoms with Gasteiger partial charge in [-0.1, -0.05) is 0 Å². The molecular weight excluding hydrogens is 315 g/mol. The van der Waals surface area contributed by atoms with Gasteiger partial charge in [0.1, 0.15) is 5.82 Å². The molecule has 0 aliphatic heterocycles. The summed E-state index contributed by atoms with van der Waals surface area (Å²) in [5.74, 6) is -0.702. The number of rotatable bonds is 4. The average molecular weight is 327 g/mol. The Morgan fingerprint density at radius 3 is 2.71 bits per heavy atom. The van der Waals surface area contributed by atoms with E-state index in [-0.39, 0.29) is 21.6 Å². The van der Waals surface area contributed by atoms with Crippen molar-refractivity contribution in [3.8, 4) is 0 Å². The molecule has 17 heavy (non-hydrogen) atoms. The number of aliphatic hydroxyl groups is 1. The van der Waals surface area contributed by atoms with Crippen molar-refractivity contribution in [2.75, 3.05) is 12.3 Å². The highest BCUT2D eigenvalue weighted by Crippen LogP contribution is 2.26.